The Morgan fingerprint density at radius 1 is 1.47 bits per heavy atom. The second-order valence-corrected chi connectivity index (χ2v) is 4.66. The summed E-state index contributed by atoms with van der Waals surface area (Å²) in [6.45, 7) is 3.18. The Balaban J connectivity index is 2.30. The summed E-state index contributed by atoms with van der Waals surface area (Å²) in [7, 11) is 1.73. The molecular weight excluding hydrogens is 212 g/mol. The number of fused-ring (bicyclic) bond motifs is 1. The van der Waals surface area contributed by atoms with Crippen molar-refractivity contribution in [1.29, 1.82) is 0 Å². The molecule has 0 bridgehead atoms. The minimum Gasteiger partial charge on any atom is -0.496 e. The smallest absolute Gasteiger partial charge is 0.122 e. The molecule has 0 heterocycles. The molecule has 3 nitrogen and oxygen atoms in total. The fourth-order valence-corrected chi connectivity index (χ4v) is 2.60. The van der Waals surface area contributed by atoms with E-state index >= 15 is 0 Å². The van der Waals surface area contributed by atoms with Gasteiger partial charge in [-0.2, -0.15) is 0 Å². The Bertz CT molecular complexity index is 378. The third kappa shape index (κ3) is 2.45. The first-order valence-corrected chi connectivity index (χ1v) is 6.42. The van der Waals surface area contributed by atoms with E-state index in [1.165, 1.54) is 11.1 Å². The van der Waals surface area contributed by atoms with Gasteiger partial charge in [-0.25, -0.2) is 0 Å². The molecule has 0 spiro atoms. The van der Waals surface area contributed by atoms with Gasteiger partial charge >= 0.3 is 0 Å². The molecule has 2 atom stereocenters. The first-order chi connectivity index (χ1) is 8.27. The molecule has 1 aromatic rings. The maximum absolute atomic E-state index is 6.22. The third-order valence-electron chi connectivity index (χ3n) is 3.49. The van der Waals surface area contributed by atoms with E-state index in [1.54, 1.807) is 7.11 Å². The fraction of sp³-hybridized carbons (Fsp3) is 0.571. The van der Waals surface area contributed by atoms with Crippen LogP contribution in [0.5, 0.6) is 5.75 Å². The van der Waals surface area contributed by atoms with Gasteiger partial charge in [0, 0.05) is 12.1 Å². The number of ether oxygens (including phenoxy) is 1. The molecule has 2 unspecified atom stereocenters. The van der Waals surface area contributed by atoms with Gasteiger partial charge in [0.2, 0.25) is 0 Å². The average Bonchev–Trinajstić information content (AvgIpc) is 2.36. The van der Waals surface area contributed by atoms with E-state index in [2.05, 4.69) is 24.4 Å². The highest BCUT2D eigenvalue weighted by molar-refractivity contribution is 5.44. The Morgan fingerprint density at radius 3 is 3.00 bits per heavy atom. The van der Waals surface area contributed by atoms with Crippen molar-refractivity contribution in [2.75, 3.05) is 13.7 Å². The molecule has 2 rings (SSSR count). The van der Waals surface area contributed by atoms with Gasteiger partial charge in [0.25, 0.3) is 0 Å². The monoisotopic (exact) mass is 234 g/mol. The van der Waals surface area contributed by atoms with Crippen LogP contribution in [-0.4, -0.2) is 19.7 Å². The van der Waals surface area contributed by atoms with Crippen LogP contribution in [0.3, 0.4) is 0 Å². The highest BCUT2D eigenvalue weighted by atomic mass is 16.5. The van der Waals surface area contributed by atoms with Crippen molar-refractivity contribution in [2.45, 2.75) is 38.3 Å². The minimum absolute atomic E-state index is 0.209. The van der Waals surface area contributed by atoms with E-state index < -0.39 is 0 Å². The first kappa shape index (κ1) is 12.4. The second-order valence-electron chi connectivity index (χ2n) is 4.66. The van der Waals surface area contributed by atoms with Crippen LogP contribution >= 0.6 is 0 Å². The van der Waals surface area contributed by atoms with E-state index in [-0.39, 0.29) is 12.1 Å². The van der Waals surface area contributed by atoms with Gasteiger partial charge in [-0.1, -0.05) is 19.1 Å². The van der Waals surface area contributed by atoms with E-state index in [0.717, 1.165) is 31.6 Å². The quantitative estimate of drug-likeness (QED) is 0.837. The number of benzene rings is 1. The summed E-state index contributed by atoms with van der Waals surface area (Å²) in [5.74, 6) is 0.998. The largest absolute Gasteiger partial charge is 0.496 e. The standard InChI is InChI=1S/C14H22N2O/c1-3-9-16-14-11-5-4-6-13(17-2)10(11)7-8-12(14)15/h4-6,12,14,16H,3,7-9,15H2,1-2H3. The second kappa shape index (κ2) is 5.52. The lowest BCUT2D eigenvalue weighted by Gasteiger charge is -2.32. The van der Waals surface area contributed by atoms with Crippen molar-refractivity contribution in [1.82, 2.24) is 5.32 Å². The number of methoxy groups -OCH3 is 1. The molecule has 3 N–H and O–H groups in total. The maximum atomic E-state index is 6.22. The molecule has 3 heteroatoms. The highest BCUT2D eigenvalue weighted by Gasteiger charge is 2.27. The van der Waals surface area contributed by atoms with Gasteiger partial charge in [-0.3, -0.25) is 0 Å². The van der Waals surface area contributed by atoms with Crippen LogP contribution in [0.4, 0.5) is 0 Å². The molecule has 0 amide bonds. The van der Waals surface area contributed by atoms with Crippen LogP contribution < -0.4 is 15.8 Å². The molecule has 1 aromatic carbocycles. The Hall–Kier alpha value is -1.06. The molecule has 94 valence electrons. The van der Waals surface area contributed by atoms with E-state index in [0.29, 0.717) is 0 Å². The predicted octanol–water partition coefficient (Wildman–Crippen LogP) is 2.01. The lowest BCUT2D eigenvalue weighted by molar-refractivity contribution is 0.376. The number of rotatable bonds is 4. The molecule has 0 aromatic heterocycles. The predicted molar refractivity (Wildman–Crippen MR) is 70.3 cm³/mol. The number of hydrogen-bond acceptors (Lipinski definition) is 3. The summed E-state index contributed by atoms with van der Waals surface area (Å²) in [6.07, 6.45) is 3.17. The van der Waals surface area contributed by atoms with Crippen molar-refractivity contribution in [2.24, 2.45) is 5.73 Å². The van der Waals surface area contributed by atoms with Gasteiger partial charge in [0.15, 0.2) is 0 Å². The molecular formula is C14H22N2O. The van der Waals surface area contributed by atoms with Crippen molar-refractivity contribution in [3.8, 4) is 5.75 Å². The summed E-state index contributed by atoms with van der Waals surface area (Å²) in [5, 5.41) is 3.55. The molecule has 0 saturated heterocycles. The van der Waals surface area contributed by atoms with Crippen molar-refractivity contribution < 1.29 is 4.74 Å². The van der Waals surface area contributed by atoms with Crippen LogP contribution in [0, 0.1) is 0 Å². The summed E-state index contributed by atoms with van der Waals surface area (Å²) in [5.41, 5.74) is 8.86. The lowest BCUT2D eigenvalue weighted by Crippen LogP contribution is -2.41. The number of hydrogen-bond donors (Lipinski definition) is 2. The summed E-state index contributed by atoms with van der Waals surface area (Å²) >= 11 is 0. The van der Waals surface area contributed by atoms with Gasteiger partial charge in [0.1, 0.15) is 5.75 Å². The molecule has 0 saturated carbocycles. The van der Waals surface area contributed by atoms with E-state index in [1.807, 2.05) is 6.07 Å². The normalized spacial score (nSPS) is 23.2. The van der Waals surface area contributed by atoms with Crippen LogP contribution in [0.1, 0.15) is 36.9 Å². The summed E-state index contributed by atoms with van der Waals surface area (Å²) < 4.78 is 5.43. The van der Waals surface area contributed by atoms with Gasteiger partial charge < -0.3 is 15.8 Å². The molecule has 0 aliphatic heterocycles. The zero-order chi connectivity index (χ0) is 12.3. The molecule has 17 heavy (non-hydrogen) atoms. The summed E-state index contributed by atoms with van der Waals surface area (Å²) in [4.78, 5) is 0. The molecule has 0 radical (unpaired) electrons. The van der Waals surface area contributed by atoms with Crippen LogP contribution in [0.2, 0.25) is 0 Å². The minimum atomic E-state index is 0.209. The zero-order valence-electron chi connectivity index (χ0n) is 10.7. The van der Waals surface area contributed by atoms with Gasteiger partial charge in [-0.05, 0) is 43.0 Å². The van der Waals surface area contributed by atoms with Crippen molar-refractivity contribution in [3.63, 3.8) is 0 Å². The third-order valence-corrected chi connectivity index (χ3v) is 3.49. The van der Waals surface area contributed by atoms with E-state index in [4.69, 9.17) is 10.5 Å². The number of nitrogens with two attached hydrogens (primary N) is 1. The molecule has 0 fully saturated rings. The van der Waals surface area contributed by atoms with Gasteiger partial charge in [-0.15, -0.1) is 0 Å². The Morgan fingerprint density at radius 2 is 2.29 bits per heavy atom. The van der Waals surface area contributed by atoms with E-state index in [9.17, 15) is 0 Å². The molecule has 1 aliphatic carbocycles. The fourth-order valence-electron chi connectivity index (χ4n) is 2.60. The zero-order valence-corrected chi connectivity index (χ0v) is 10.7. The van der Waals surface area contributed by atoms with Crippen LogP contribution in [-0.2, 0) is 6.42 Å². The average molecular weight is 234 g/mol. The Kier molecular flexibility index (Phi) is 4.02. The van der Waals surface area contributed by atoms with Crippen LogP contribution in [0.15, 0.2) is 18.2 Å². The summed E-state index contributed by atoms with van der Waals surface area (Å²) in [6, 6.07) is 6.74. The maximum Gasteiger partial charge on any atom is 0.122 e. The highest BCUT2D eigenvalue weighted by Crippen LogP contribution is 2.34. The topological polar surface area (TPSA) is 47.3 Å². The SMILES string of the molecule is CCCNC1c2cccc(OC)c2CCC1N. The van der Waals surface area contributed by atoms with Crippen molar-refractivity contribution in [3.05, 3.63) is 29.3 Å². The first-order valence-electron chi connectivity index (χ1n) is 6.42. The van der Waals surface area contributed by atoms with Gasteiger partial charge in [0.05, 0.1) is 7.11 Å². The molecule has 1 aliphatic rings. The van der Waals surface area contributed by atoms with Crippen LogP contribution in [0.25, 0.3) is 0 Å². The lowest BCUT2D eigenvalue weighted by atomic mass is 9.84. The number of nitrogens with one attached hydrogen (secondary N) is 1. The Labute approximate surface area is 103 Å². The van der Waals surface area contributed by atoms with Crippen molar-refractivity contribution >= 4 is 0 Å².